The fraction of sp³-hybridized carbons (Fsp3) is 0.211. The van der Waals surface area contributed by atoms with Crippen molar-refractivity contribution in [3.8, 4) is 0 Å². The number of amidine groups is 1. The minimum absolute atomic E-state index is 0.00560. The summed E-state index contributed by atoms with van der Waals surface area (Å²) in [5.41, 5.74) is 0.874. The lowest BCUT2D eigenvalue weighted by Gasteiger charge is -2.33. The fourth-order valence-corrected chi connectivity index (χ4v) is 4.33. The second-order valence-electron chi connectivity index (χ2n) is 6.35. The maximum atomic E-state index is 13.1. The molecule has 4 rings (SSSR count). The van der Waals surface area contributed by atoms with Crippen molar-refractivity contribution in [1.29, 1.82) is 0 Å². The number of sulfonamides is 1. The molecule has 28 heavy (non-hydrogen) atoms. The number of carbonyl (C=O) groups excluding carboxylic acids is 2. The first-order valence-electron chi connectivity index (χ1n) is 8.75. The van der Waals surface area contributed by atoms with Crippen LogP contribution in [0.25, 0.3) is 0 Å². The largest absolute Gasteiger partial charge is 0.341 e. The maximum absolute atomic E-state index is 13.1. The van der Waals surface area contributed by atoms with Crippen molar-refractivity contribution < 1.29 is 22.8 Å². The number of para-hydroxylation sites is 2. The van der Waals surface area contributed by atoms with Crippen LogP contribution in [0.3, 0.4) is 0 Å². The second kappa shape index (κ2) is 6.84. The summed E-state index contributed by atoms with van der Waals surface area (Å²) in [5, 5.41) is 3.90. The molecule has 1 amide bonds. The summed E-state index contributed by atoms with van der Waals surface area (Å²) >= 11 is 0. The van der Waals surface area contributed by atoms with E-state index in [0.717, 1.165) is 5.06 Å². The standard InChI is InChI=1S/C19H17N3O5S/c1-2-11-27-22-14-9-5-3-7-12(14)17(23)16(19(22)24)18-20-13-8-4-6-10-15(13)28(25,26)21-18/h3-10,16H,2,11H2,1H3,(H,20,21). The van der Waals surface area contributed by atoms with Crippen LogP contribution in [0.15, 0.2) is 57.8 Å². The quantitative estimate of drug-likeness (QED) is 0.792. The van der Waals surface area contributed by atoms with Crippen LogP contribution in [0.2, 0.25) is 0 Å². The lowest BCUT2D eigenvalue weighted by Crippen LogP contribution is -2.50. The summed E-state index contributed by atoms with van der Waals surface area (Å²) in [6.07, 6.45) is 0.658. The molecule has 2 aliphatic heterocycles. The molecule has 0 spiro atoms. The Morgan fingerprint density at radius 1 is 1.11 bits per heavy atom. The number of nitrogens with zero attached hydrogens (tertiary/aromatic N) is 2. The van der Waals surface area contributed by atoms with Gasteiger partial charge in [-0.15, -0.1) is 4.40 Å². The number of nitrogens with one attached hydrogen (secondary N) is 1. The average molecular weight is 399 g/mol. The summed E-state index contributed by atoms with van der Waals surface area (Å²) in [4.78, 5) is 31.7. The van der Waals surface area contributed by atoms with Crippen LogP contribution in [-0.4, -0.2) is 32.6 Å². The number of ketones is 1. The first-order chi connectivity index (χ1) is 13.4. The molecule has 0 aliphatic carbocycles. The van der Waals surface area contributed by atoms with E-state index in [0.29, 0.717) is 12.1 Å². The zero-order chi connectivity index (χ0) is 19.9. The topological polar surface area (TPSA) is 105 Å². The van der Waals surface area contributed by atoms with Crippen molar-refractivity contribution in [1.82, 2.24) is 0 Å². The Labute approximate surface area is 161 Å². The molecule has 9 heteroatoms. The van der Waals surface area contributed by atoms with E-state index in [9.17, 15) is 18.0 Å². The molecule has 1 atom stereocenters. The van der Waals surface area contributed by atoms with Crippen molar-refractivity contribution in [2.45, 2.75) is 18.2 Å². The number of hydroxylamine groups is 1. The highest BCUT2D eigenvalue weighted by molar-refractivity contribution is 7.90. The Balaban J connectivity index is 1.81. The van der Waals surface area contributed by atoms with Gasteiger partial charge in [-0.3, -0.25) is 14.4 Å². The predicted molar refractivity (Wildman–Crippen MR) is 103 cm³/mol. The van der Waals surface area contributed by atoms with Crippen LogP contribution in [0.5, 0.6) is 0 Å². The predicted octanol–water partition coefficient (Wildman–Crippen LogP) is 2.39. The number of Topliss-reactive ketones (excluding diaryl/α,β-unsaturated/α-hetero) is 1. The average Bonchev–Trinajstić information content (AvgIpc) is 2.68. The van der Waals surface area contributed by atoms with Crippen LogP contribution >= 0.6 is 0 Å². The molecule has 0 aromatic heterocycles. The molecule has 0 radical (unpaired) electrons. The van der Waals surface area contributed by atoms with E-state index in [4.69, 9.17) is 4.84 Å². The highest BCUT2D eigenvalue weighted by Gasteiger charge is 2.45. The van der Waals surface area contributed by atoms with E-state index in [-0.39, 0.29) is 28.6 Å². The van der Waals surface area contributed by atoms with E-state index in [1.54, 1.807) is 42.5 Å². The van der Waals surface area contributed by atoms with Gasteiger partial charge in [-0.05, 0) is 30.7 Å². The SMILES string of the molecule is CCCON1C(=O)C(C2=NS(=O)(=O)c3ccccc3N2)C(=O)c2ccccc21. The minimum Gasteiger partial charge on any atom is -0.341 e. The minimum atomic E-state index is -4.04. The van der Waals surface area contributed by atoms with Gasteiger partial charge in [0.05, 0.1) is 18.0 Å². The second-order valence-corrected chi connectivity index (χ2v) is 7.93. The number of rotatable bonds is 4. The molecular formula is C19H17N3O5S. The molecule has 144 valence electrons. The molecule has 0 fully saturated rings. The summed E-state index contributed by atoms with van der Waals surface area (Å²) in [6.45, 7) is 2.15. The van der Waals surface area contributed by atoms with Crippen molar-refractivity contribution in [2.75, 3.05) is 17.0 Å². The van der Waals surface area contributed by atoms with Crippen LogP contribution in [0, 0.1) is 5.92 Å². The first kappa shape index (κ1) is 18.3. The Kier molecular flexibility index (Phi) is 4.48. The number of carbonyl (C=O) groups is 2. The van der Waals surface area contributed by atoms with E-state index in [2.05, 4.69) is 9.71 Å². The molecule has 1 N–H and O–H groups in total. The lowest BCUT2D eigenvalue weighted by molar-refractivity contribution is -0.127. The van der Waals surface area contributed by atoms with Crippen molar-refractivity contribution in [2.24, 2.45) is 10.3 Å². The highest BCUT2D eigenvalue weighted by atomic mass is 32.2. The Morgan fingerprint density at radius 2 is 1.82 bits per heavy atom. The van der Waals surface area contributed by atoms with E-state index in [1.807, 2.05) is 6.92 Å². The third-order valence-corrected chi connectivity index (χ3v) is 5.79. The molecule has 1 unspecified atom stereocenters. The summed E-state index contributed by atoms with van der Waals surface area (Å²) in [5.74, 6) is -2.88. The molecule has 0 saturated carbocycles. The van der Waals surface area contributed by atoms with Crippen LogP contribution in [-0.2, 0) is 19.7 Å². The van der Waals surface area contributed by atoms with E-state index < -0.39 is 27.6 Å². The fourth-order valence-electron chi connectivity index (χ4n) is 3.18. The van der Waals surface area contributed by atoms with Crippen molar-refractivity contribution in [3.63, 3.8) is 0 Å². The molecule has 2 aromatic carbocycles. The van der Waals surface area contributed by atoms with Gasteiger partial charge >= 0.3 is 0 Å². The third kappa shape index (κ3) is 2.88. The molecule has 0 bridgehead atoms. The van der Waals surface area contributed by atoms with Gasteiger partial charge in [0, 0.05) is 5.56 Å². The maximum Gasteiger partial charge on any atom is 0.286 e. The van der Waals surface area contributed by atoms with Gasteiger partial charge in [-0.25, -0.2) is 0 Å². The highest BCUT2D eigenvalue weighted by Crippen LogP contribution is 2.34. The van der Waals surface area contributed by atoms with Gasteiger partial charge in [0.15, 0.2) is 11.7 Å². The first-order valence-corrected chi connectivity index (χ1v) is 10.2. The third-order valence-electron chi connectivity index (χ3n) is 4.44. The Hall–Kier alpha value is -3.04. The molecule has 2 aromatic rings. The van der Waals surface area contributed by atoms with Crippen molar-refractivity contribution >= 4 is 38.9 Å². The Bertz CT molecular complexity index is 1110. The molecule has 2 heterocycles. The summed E-state index contributed by atoms with van der Waals surface area (Å²) < 4.78 is 28.8. The smallest absolute Gasteiger partial charge is 0.286 e. The van der Waals surface area contributed by atoms with Gasteiger partial charge in [-0.1, -0.05) is 31.2 Å². The van der Waals surface area contributed by atoms with Crippen LogP contribution in [0.1, 0.15) is 23.7 Å². The van der Waals surface area contributed by atoms with Crippen molar-refractivity contribution in [3.05, 3.63) is 54.1 Å². The molecule has 0 saturated heterocycles. The lowest BCUT2D eigenvalue weighted by atomic mass is 9.90. The van der Waals surface area contributed by atoms with Gasteiger partial charge in [0.25, 0.3) is 15.9 Å². The summed E-state index contributed by atoms with van der Waals surface area (Å²) in [7, 11) is -4.04. The molecule has 8 nitrogen and oxygen atoms in total. The van der Waals surface area contributed by atoms with Gasteiger partial charge in [0.1, 0.15) is 10.7 Å². The monoisotopic (exact) mass is 399 g/mol. The normalized spacial score (nSPS) is 20.1. The molecule has 2 aliphatic rings. The number of amides is 1. The van der Waals surface area contributed by atoms with Crippen LogP contribution in [0.4, 0.5) is 11.4 Å². The van der Waals surface area contributed by atoms with Crippen LogP contribution < -0.4 is 10.4 Å². The van der Waals surface area contributed by atoms with E-state index >= 15 is 0 Å². The number of benzene rings is 2. The van der Waals surface area contributed by atoms with Gasteiger partial charge in [0.2, 0.25) is 0 Å². The number of hydrogen-bond acceptors (Lipinski definition) is 6. The zero-order valence-electron chi connectivity index (χ0n) is 15.0. The Morgan fingerprint density at radius 3 is 2.61 bits per heavy atom. The van der Waals surface area contributed by atoms with Gasteiger partial charge in [-0.2, -0.15) is 13.5 Å². The van der Waals surface area contributed by atoms with E-state index in [1.165, 1.54) is 6.07 Å². The van der Waals surface area contributed by atoms with Gasteiger partial charge < -0.3 is 5.32 Å². The number of hydrogen-bond donors (Lipinski definition) is 1. The summed E-state index contributed by atoms with van der Waals surface area (Å²) in [6, 6.07) is 12.7. The zero-order valence-corrected chi connectivity index (χ0v) is 15.8. The number of fused-ring (bicyclic) bond motifs is 2. The molecular weight excluding hydrogens is 382 g/mol. The number of anilines is 2.